The summed E-state index contributed by atoms with van der Waals surface area (Å²) in [4.78, 5) is 11.1. The van der Waals surface area contributed by atoms with Gasteiger partial charge in [0.2, 0.25) is 0 Å². The Kier molecular flexibility index (Phi) is 6.82. The van der Waals surface area contributed by atoms with Crippen molar-refractivity contribution >= 4 is 5.97 Å². The van der Waals surface area contributed by atoms with Gasteiger partial charge in [-0.25, -0.2) is 4.39 Å². The van der Waals surface area contributed by atoms with Gasteiger partial charge in [0.15, 0.2) is 0 Å². The Hall–Kier alpha value is -3.58. The molecule has 6 nitrogen and oxygen atoms in total. The van der Waals surface area contributed by atoms with Crippen molar-refractivity contribution in [2.75, 3.05) is 6.61 Å². The van der Waals surface area contributed by atoms with Crippen LogP contribution in [0, 0.1) is 11.7 Å². The fourth-order valence-electron chi connectivity index (χ4n) is 4.80. The molecule has 5 rings (SSSR count). The number of ether oxygens (including phenoxy) is 3. The molecule has 0 saturated heterocycles. The van der Waals surface area contributed by atoms with Gasteiger partial charge in [0.05, 0.1) is 18.1 Å². The molecule has 0 aromatic heterocycles. The molecule has 0 radical (unpaired) electrons. The van der Waals surface area contributed by atoms with E-state index in [9.17, 15) is 14.3 Å². The van der Waals surface area contributed by atoms with Crippen molar-refractivity contribution < 1.29 is 33.6 Å². The van der Waals surface area contributed by atoms with E-state index in [2.05, 4.69) is 0 Å². The van der Waals surface area contributed by atoms with Crippen LogP contribution in [0.25, 0.3) is 0 Å². The molecule has 2 N–H and O–H groups in total. The third-order valence-electron chi connectivity index (χ3n) is 6.97. The lowest BCUT2D eigenvalue weighted by Gasteiger charge is -2.17. The lowest BCUT2D eigenvalue weighted by Crippen LogP contribution is -2.21. The van der Waals surface area contributed by atoms with Gasteiger partial charge in [-0.2, -0.15) is 0 Å². The molecule has 3 atom stereocenters. The second-order valence-electron chi connectivity index (χ2n) is 10.4. The van der Waals surface area contributed by atoms with Crippen molar-refractivity contribution in [1.82, 2.24) is 0 Å². The lowest BCUT2D eigenvalue weighted by molar-refractivity contribution is -0.138. The summed E-state index contributed by atoms with van der Waals surface area (Å²) in [6.45, 7) is 3.89. The normalized spacial score (nSPS) is 20.3. The highest BCUT2D eigenvalue weighted by Gasteiger charge is 2.44. The average Bonchev–Trinajstić information content (AvgIpc) is 3.55. The largest absolute Gasteiger partial charge is 0.493 e. The molecule has 1 saturated carbocycles. The van der Waals surface area contributed by atoms with Gasteiger partial charge in [-0.3, -0.25) is 4.79 Å². The Morgan fingerprint density at radius 3 is 2.32 bits per heavy atom. The molecule has 3 aromatic rings. The van der Waals surface area contributed by atoms with Crippen LogP contribution < -0.4 is 14.2 Å². The molecular weight excluding hydrogens is 475 g/mol. The van der Waals surface area contributed by atoms with Gasteiger partial charge in [0.1, 0.15) is 34.9 Å². The number of carbonyl (C=O) groups is 1. The van der Waals surface area contributed by atoms with E-state index in [4.69, 9.17) is 19.3 Å². The number of benzene rings is 3. The quantitative estimate of drug-likeness (QED) is 0.330. The first-order valence-corrected chi connectivity index (χ1v) is 12.6. The van der Waals surface area contributed by atoms with Crippen molar-refractivity contribution in [2.45, 2.75) is 57.2 Å². The molecule has 0 unspecified atom stereocenters. The molecule has 0 spiro atoms. The van der Waals surface area contributed by atoms with E-state index in [0.29, 0.717) is 60.9 Å². The second-order valence-corrected chi connectivity index (χ2v) is 10.4. The average molecular weight is 507 g/mol. The third kappa shape index (κ3) is 5.88. The highest BCUT2D eigenvalue weighted by Crippen LogP contribution is 2.48. The number of carboxylic acids is 1. The summed E-state index contributed by atoms with van der Waals surface area (Å²) in [5.41, 5.74) is 1.52. The predicted octanol–water partition coefficient (Wildman–Crippen LogP) is 6.41. The zero-order valence-electron chi connectivity index (χ0n) is 20.9. The van der Waals surface area contributed by atoms with E-state index in [0.717, 1.165) is 11.1 Å². The highest BCUT2D eigenvalue weighted by molar-refractivity contribution is 5.75. The molecule has 3 aromatic carbocycles. The van der Waals surface area contributed by atoms with Gasteiger partial charge in [0, 0.05) is 17.5 Å². The number of hydrogen-bond donors (Lipinski definition) is 2. The predicted molar refractivity (Wildman–Crippen MR) is 136 cm³/mol. The number of fused-ring (bicyclic) bond motifs is 1. The highest BCUT2D eigenvalue weighted by atomic mass is 19.1. The van der Waals surface area contributed by atoms with Crippen LogP contribution in [0.5, 0.6) is 23.0 Å². The number of hydrogen-bond acceptors (Lipinski definition) is 5. The Labute approximate surface area is 215 Å². The fourth-order valence-corrected chi connectivity index (χ4v) is 4.80. The minimum Gasteiger partial charge on any atom is -0.493 e. The van der Waals surface area contributed by atoms with Gasteiger partial charge in [-0.15, -0.1) is 0 Å². The minimum absolute atomic E-state index is 0.0595. The first-order chi connectivity index (χ1) is 17.7. The number of rotatable bonds is 10. The van der Waals surface area contributed by atoms with Crippen molar-refractivity contribution in [3.63, 3.8) is 0 Å². The van der Waals surface area contributed by atoms with Crippen LogP contribution in [0.2, 0.25) is 0 Å². The fraction of sp³-hybridized carbons (Fsp3) is 0.367. The Morgan fingerprint density at radius 2 is 1.68 bits per heavy atom. The van der Waals surface area contributed by atoms with E-state index >= 15 is 0 Å². The van der Waals surface area contributed by atoms with E-state index in [-0.39, 0.29) is 17.7 Å². The number of aliphatic carboxylic acids is 1. The molecule has 1 fully saturated rings. The first kappa shape index (κ1) is 25.1. The van der Waals surface area contributed by atoms with Gasteiger partial charge in [-0.05, 0) is 93.1 Å². The molecule has 2 aliphatic rings. The molecular formula is C30H31FO6. The molecule has 37 heavy (non-hydrogen) atoms. The topological polar surface area (TPSA) is 85.2 Å². The van der Waals surface area contributed by atoms with Crippen LogP contribution in [0.15, 0.2) is 60.7 Å². The number of carboxylic acid groups (broad SMARTS) is 1. The third-order valence-corrected chi connectivity index (χ3v) is 6.97. The maximum Gasteiger partial charge on any atom is 0.307 e. The summed E-state index contributed by atoms with van der Waals surface area (Å²) in [7, 11) is 0. The second kappa shape index (κ2) is 10.1. The van der Waals surface area contributed by atoms with Crippen molar-refractivity contribution in [1.29, 1.82) is 0 Å². The number of aliphatic hydroxyl groups is 1. The molecule has 0 aliphatic heterocycles. The summed E-state index contributed by atoms with van der Waals surface area (Å²) in [5, 5.41) is 19.0. The Balaban J connectivity index is 1.24. The van der Waals surface area contributed by atoms with Crippen LogP contribution in [-0.2, 0) is 11.2 Å². The molecule has 7 heteroatoms. The Bertz CT molecular complexity index is 1260. The maximum absolute atomic E-state index is 14.9. The zero-order chi connectivity index (χ0) is 26.2. The molecule has 0 heterocycles. The van der Waals surface area contributed by atoms with Crippen LogP contribution in [0.1, 0.15) is 61.8 Å². The summed E-state index contributed by atoms with van der Waals surface area (Å²) in [5.74, 6) is 1.20. The van der Waals surface area contributed by atoms with E-state index in [1.807, 2.05) is 24.3 Å². The standard InChI is InChI=1S/C30H31FO6/c1-30(2,34)15-16-35-19-7-9-21(10-8-19)36-26-14-12-25(31)28-22(26)11-13-27(28)37-20-5-3-18(4-6-20)23-17-24(23)29(32)33/h3-10,12,14,23-24,27,34H,11,13,15-17H2,1-2H3,(H,32,33)/t23-,24+,27-/m1/s1. The van der Waals surface area contributed by atoms with Gasteiger partial charge < -0.3 is 24.4 Å². The minimum atomic E-state index is -0.779. The van der Waals surface area contributed by atoms with Crippen LogP contribution in [0.3, 0.4) is 0 Å². The Morgan fingerprint density at radius 1 is 1.00 bits per heavy atom. The summed E-state index contributed by atoms with van der Waals surface area (Å²) in [6.07, 6.45) is 2.02. The monoisotopic (exact) mass is 506 g/mol. The smallest absolute Gasteiger partial charge is 0.307 e. The van der Waals surface area contributed by atoms with Gasteiger partial charge in [-0.1, -0.05) is 12.1 Å². The van der Waals surface area contributed by atoms with Crippen LogP contribution in [-0.4, -0.2) is 28.4 Å². The van der Waals surface area contributed by atoms with Crippen LogP contribution >= 0.6 is 0 Å². The molecule has 194 valence electrons. The van der Waals surface area contributed by atoms with E-state index in [1.54, 1.807) is 44.2 Å². The first-order valence-electron chi connectivity index (χ1n) is 12.6. The van der Waals surface area contributed by atoms with Crippen molar-refractivity contribution in [3.8, 4) is 23.0 Å². The zero-order valence-corrected chi connectivity index (χ0v) is 20.9. The summed E-state index contributed by atoms with van der Waals surface area (Å²) < 4.78 is 32.8. The van der Waals surface area contributed by atoms with Crippen LogP contribution in [0.4, 0.5) is 4.39 Å². The maximum atomic E-state index is 14.9. The molecule has 0 bridgehead atoms. The molecule has 2 aliphatic carbocycles. The van der Waals surface area contributed by atoms with Crippen molar-refractivity contribution in [2.24, 2.45) is 5.92 Å². The van der Waals surface area contributed by atoms with E-state index < -0.39 is 17.7 Å². The van der Waals surface area contributed by atoms with Gasteiger partial charge in [0.25, 0.3) is 0 Å². The SMILES string of the molecule is CC(C)(O)CCOc1ccc(Oc2ccc(F)c3c2CC[C@H]3Oc2ccc([C@H]3C[C@@H]3C(=O)O)cc2)cc1. The lowest BCUT2D eigenvalue weighted by atomic mass is 10.1. The van der Waals surface area contributed by atoms with E-state index in [1.165, 1.54) is 6.07 Å². The molecule has 0 amide bonds. The summed E-state index contributed by atoms with van der Waals surface area (Å²) >= 11 is 0. The van der Waals surface area contributed by atoms with Gasteiger partial charge >= 0.3 is 5.97 Å². The summed E-state index contributed by atoms with van der Waals surface area (Å²) in [6, 6.07) is 17.7. The van der Waals surface area contributed by atoms with Crippen molar-refractivity contribution in [3.05, 3.63) is 83.2 Å². The number of halogens is 1.